The fraction of sp³-hybridized carbons (Fsp3) is 0.0625. The Morgan fingerprint density at radius 3 is 1.38 bits per heavy atom. The van der Waals surface area contributed by atoms with E-state index in [2.05, 4.69) is 98.2 Å². The molecule has 0 atom stereocenters. The van der Waals surface area contributed by atoms with E-state index in [4.69, 9.17) is 0 Å². The number of hydrogen-bond donors (Lipinski definition) is 0. The topological polar surface area (TPSA) is 0 Å². The number of benzene rings is 4. The summed E-state index contributed by atoms with van der Waals surface area (Å²) in [5.41, 5.74) is 8.40. The second-order valence-electron chi connectivity index (χ2n) is 7.71. The van der Waals surface area contributed by atoms with Crippen molar-refractivity contribution in [2.45, 2.75) is 13.8 Å². The van der Waals surface area contributed by atoms with Crippen molar-refractivity contribution < 1.29 is 0 Å². The Bertz CT molecular complexity index is 1330. The molecule has 0 spiro atoms. The third kappa shape index (κ3) is 5.46. The first-order valence-corrected chi connectivity index (χ1v) is 10.7. The second-order valence-corrected chi connectivity index (χ2v) is 7.71. The number of hydrogen-bond acceptors (Lipinski definition) is 0. The Labute approximate surface area is 191 Å². The van der Waals surface area contributed by atoms with Crippen molar-refractivity contribution in [3.63, 3.8) is 0 Å². The lowest BCUT2D eigenvalue weighted by atomic mass is 9.94. The Balaban J connectivity index is 1.93. The maximum Gasteiger partial charge on any atom is 0.0484 e. The molecule has 0 unspecified atom stereocenters. The van der Waals surface area contributed by atoms with Gasteiger partial charge in [-0.05, 0) is 49.2 Å². The van der Waals surface area contributed by atoms with E-state index in [1.54, 1.807) is 0 Å². The zero-order valence-electron chi connectivity index (χ0n) is 18.4. The number of rotatable bonds is 2. The van der Waals surface area contributed by atoms with Gasteiger partial charge in [0.2, 0.25) is 0 Å². The minimum Gasteiger partial charge on any atom is -0.0622 e. The van der Waals surface area contributed by atoms with Crippen molar-refractivity contribution in [3.05, 3.63) is 143 Å². The second kappa shape index (κ2) is 10.2. The zero-order chi connectivity index (χ0) is 22.2. The van der Waals surface area contributed by atoms with Crippen molar-refractivity contribution in [1.82, 2.24) is 0 Å². The molecule has 32 heavy (non-hydrogen) atoms. The monoisotopic (exact) mass is 408 g/mol. The van der Waals surface area contributed by atoms with Crippen molar-refractivity contribution >= 4 is 11.1 Å². The van der Waals surface area contributed by atoms with E-state index in [0.29, 0.717) is 0 Å². The zero-order valence-corrected chi connectivity index (χ0v) is 18.4. The highest BCUT2D eigenvalue weighted by atomic mass is 14.1. The predicted octanol–water partition coefficient (Wildman–Crippen LogP) is 7.32. The third-order valence-electron chi connectivity index (χ3n) is 5.14. The van der Waals surface area contributed by atoms with Gasteiger partial charge in [0.25, 0.3) is 0 Å². The Morgan fingerprint density at radius 2 is 0.844 bits per heavy atom. The van der Waals surface area contributed by atoms with Gasteiger partial charge < -0.3 is 0 Å². The van der Waals surface area contributed by atoms with E-state index in [1.165, 1.54) is 11.1 Å². The van der Waals surface area contributed by atoms with E-state index in [0.717, 1.165) is 33.4 Å². The van der Waals surface area contributed by atoms with E-state index < -0.39 is 0 Å². The molecular formula is C32H24. The lowest BCUT2D eigenvalue weighted by molar-refractivity contribution is 1.46. The summed E-state index contributed by atoms with van der Waals surface area (Å²) in [4.78, 5) is 0. The molecule has 0 aliphatic rings. The first-order valence-electron chi connectivity index (χ1n) is 10.7. The minimum absolute atomic E-state index is 0.929. The van der Waals surface area contributed by atoms with Crippen molar-refractivity contribution in [2.24, 2.45) is 0 Å². The van der Waals surface area contributed by atoms with Gasteiger partial charge in [-0.3, -0.25) is 0 Å². The van der Waals surface area contributed by atoms with E-state index in [-0.39, 0.29) is 0 Å². The highest BCUT2D eigenvalue weighted by molar-refractivity contribution is 6.04. The first kappa shape index (κ1) is 21.0. The lowest BCUT2D eigenvalue weighted by Gasteiger charge is -2.08. The van der Waals surface area contributed by atoms with Gasteiger partial charge in [-0.2, -0.15) is 0 Å². The van der Waals surface area contributed by atoms with Crippen molar-refractivity contribution in [1.29, 1.82) is 0 Å². The molecule has 0 radical (unpaired) electrons. The summed E-state index contributed by atoms with van der Waals surface area (Å²) in [5.74, 6) is 13.6. The molecule has 0 aromatic heterocycles. The smallest absolute Gasteiger partial charge is 0.0484 e. The molecular weight excluding hydrogens is 384 g/mol. The molecule has 0 heterocycles. The predicted molar refractivity (Wildman–Crippen MR) is 136 cm³/mol. The summed E-state index contributed by atoms with van der Waals surface area (Å²) in [7, 11) is 0. The van der Waals surface area contributed by atoms with Crippen molar-refractivity contribution in [2.75, 3.05) is 0 Å². The summed E-state index contributed by atoms with van der Waals surface area (Å²) in [6, 6.07) is 37.2. The van der Waals surface area contributed by atoms with Crippen LogP contribution in [0.3, 0.4) is 0 Å². The van der Waals surface area contributed by atoms with Crippen LogP contribution < -0.4 is 0 Å². The molecule has 0 saturated carbocycles. The molecule has 0 amide bonds. The van der Waals surface area contributed by atoms with Gasteiger partial charge >= 0.3 is 0 Å². The number of allylic oxidation sites excluding steroid dienone is 2. The van der Waals surface area contributed by atoms with Crippen LogP contribution in [0.2, 0.25) is 0 Å². The van der Waals surface area contributed by atoms with Crippen LogP contribution in [-0.2, 0) is 0 Å². The average molecular weight is 409 g/mol. The maximum absolute atomic E-state index is 3.45. The Morgan fingerprint density at radius 1 is 0.438 bits per heavy atom. The number of aryl methyl sites for hydroxylation is 2. The van der Waals surface area contributed by atoms with Crippen LogP contribution in [0.25, 0.3) is 11.1 Å². The molecule has 4 aromatic rings. The van der Waals surface area contributed by atoms with Crippen LogP contribution in [0, 0.1) is 37.5 Å². The molecule has 0 bridgehead atoms. The van der Waals surface area contributed by atoms with Crippen LogP contribution in [-0.4, -0.2) is 0 Å². The molecule has 0 heteroatoms. The van der Waals surface area contributed by atoms with Gasteiger partial charge in [0.15, 0.2) is 0 Å². The van der Waals surface area contributed by atoms with Crippen LogP contribution >= 0.6 is 0 Å². The molecule has 0 fully saturated rings. The van der Waals surface area contributed by atoms with Gasteiger partial charge in [0.05, 0.1) is 0 Å². The van der Waals surface area contributed by atoms with E-state index in [9.17, 15) is 0 Å². The fourth-order valence-electron chi connectivity index (χ4n) is 3.31. The summed E-state index contributed by atoms with van der Waals surface area (Å²) in [6.07, 6.45) is 0. The van der Waals surface area contributed by atoms with Crippen LogP contribution in [0.4, 0.5) is 0 Å². The molecule has 0 aliphatic heterocycles. The molecule has 152 valence electrons. The Kier molecular flexibility index (Phi) is 6.67. The quantitative estimate of drug-likeness (QED) is 0.241. The largest absolute Gasteiger partial charge is 0.0622 e. The SMILES string of the molecule is Cc1ccc(C#C/C(=C(\C#Cc2ccccc2)c2ccc(C)cc2)c2ccccc2)cc1. The van der Waals surface area contributed by atoms with Crippen LogP contribution in [0.1, 0.15) is 33.4 Å². The van der Waals surface area contributed by atoms with Crippen molar-refractivity contribution in [3.8, 4) is 23.7 Å². The third-order valence-corrected chi connectivity index (χ3v) is 5.14. The normalized spacial score (nSPS) is 10.8. The van der Waals surface area contributed by atoms with E-state index in [1.807, 2.05) is 48.5 Å². The molecule has 4 aromatic carbocycles. The summed E-state index contributed by atoms with van der Waals surface area (Å²) in [6.45, 7) is 4.18. The van der Waals surface area contributed by atoms with Gasteiger partial charge in [-0.25, -0.2) is 0 Å². The minimum atomic E-state index is 0.929. The molecule has 0 N–H and O–H groups in total. The van der Waals surface area contributed by atoms with Crippen LogP contribution in [0.5, 0.6) is 0 Å². The summed E-state index contributed by atoms with van der Waals surface area (Å²) >= 11 is 0. The molecule has 4 rings (SSSR count). The highest BCUT2D eigenvalue weighted by Gasteiger charge is 2.09. The first-order chi connectivity index (χ1) is 15.7. The maximum atomic E-state index is 3.45. The Hall–Kier alpha value is -4.26. The van der Waals surface area contributed by atoms with Gasteiger partial charge in [0, 0.05) is 22.3 Å². The molecule has 0 aliphatic carbocycles. The lowest BCUT2D eigenvalue weighted by Crippen LogP contribution is -1.91. The molecule has 0 nitrogen and oxygen atoms in total. The highest BCUT2D eigenvalue weighted by Crippen LogP contribution is 2.26. The standard InChI is InChI=1S/C32H24/c1-25-13-17-28(18-14-25)20-24-31(29-11-7-4-8-12-29)32(30-21-15-26(2)16-22-30)23-19-27-9-5-3-6-10-27/h3-18,21-22H,1-2H3/b32-31-. The summed E-state index contributed by atoms with van der Waals surface area (Å²) < 4.78 is 0. The fourth-order valence-corrected chi connectivity index (χ4v) is 3.31. The summed E-state index contributed by atoms with van der Waals surface area (Å²) in [5, 5.41) is 0. The van der Waals surface area contributed by atoms with E-state index >= 15 is 0 Å². The average Bonchev–Trinajstić information content (AvgIpc) is 2.84. The van der Waals surface area contributed by atoms with Gasteiger partial charge in [0.1, 0.15) is 0 Å². The molecule has 0 saturated heterocycles. The van der Waals surface area contributed by atoms with Gasteiger partial charge in [-0.15, -0.1) is 0 Å². The van der Waals surface area contributed by atoms with Crippen LogP contribution in [0.15, 0.2) is 109 Å². The van der Waals surface area contributed by atoms with Gasteiger partial charge in [-0.1, -0.05) is 120 Å².